The summed E-state index contributed by atoms with van der Waals surface area (Å²) in [7, 11) is -4.05. The summed E-state index contributed by atoms with van der Waals surface area (Å²) in [5, 5.41) is 8.78. The van der Waals surface area contributed by atoms with Crippen molar-refractivity contribution >= 4 is 16.0 Å². The van der Waals surface area contributed by atoms with Gasteiger partial charge in [0.1, 0.15) is 11.5 Å². The van der Waals surface area contributed by atoms with Crippen LogP contribution < -0.4 is 9.47 Å². The highest BCUT2D eigenvalue weighted by Gasteiger charge is 2.34. The van der Waals surface area contributed by atoms with E-state index >= 15 is 0 Å². The molecule has 11 heteroatoms. The molecule has 0 aromatic heterocycles. The van der Waals surface area contributed by atoms with Crippen molar-refractivity contribution in [1.29, 1.82) is 5.26 Å². The van der Waals surface area contributed by atoms with Crippen LogP contribution in [-0.2, 0) is 14.8 Å². The van der Waals surface area contributed by atoms with Gasteiger partial charge in [-0.2, -0.15) is 9.57 Å². The van der Waals surface area contributed by atoms with Gasteiger partial charge < -0.3 is 9.47 Å². The minimum atomic E-state index is -4.93. The molecule has 0 atom stereocenters. The molecule has 2 aromatic rings. The van der Waals surface area contributed by atoms with Crippen molar-refractivity contribution in [2.24, 2.45) is 5.92 Å². The molecule has 0 radical (unpaired) electrons. The van der Waals surface area contributed by atoms with E-state index in [9.17, 15) is 26.4 Å². The minimum absolute atomic E-state index is 0.0137. The van der Waals surface area contributed by atoms with E-state index in [2.05, 4.69) is 4.74 Å². The highest BCUT2D eigenvalue weighted by molar-refractivity contribution is 7.89. The molecular formula is C20H17F3N2O5S. The monoisotopic (exact) mass is 454 g/mol. The van der Waals surface area contributed by atoms with Crippen LogP contribution in [0.5, 0.6) is 11.5 Å². The van der Waals surface area contributed by atoms with E-state index in [4.69, 9.17) is 10.00 Å². The van der Waals surface area contributed by atoms with E-state index in [1.807, 2.05) is 6.07 Å². The van der Waals surface area contributed by atoms with E-state index in [-0.39, 0.29) is 36.6 Å². The molecule has 0 bridgehead atoms. The first kappa shape index (κ1) is 22.6. The largest absolute Gasteiger partial charge is 0.573 e. The fraction of sp³-hybridized carbons (Fsp3) is 0.300. The van der Waals surface area contributed by atoms with Crippen molar-refractivity contribution < 1.29 is 35.9 Å². The molecule has 1 heterocycles. The number of sulfonamides is 1. The molecule has 1 saturated heterocycles. The van der Waals surface area contributed by atoms with Crippen LogP contribution in [0.1, 0.15) is 18.4 Å². The zero-order valence-electron chi connectivity index (χ0n) is 16.0. The van der Waals surface area contributed by atoms with Crippen LogP contribution in [0.2, 0.25) is 0 Å². The van der Waals surface area contributed by atoms with Gasteiger partial charge >= 0.3 is 12.3 Å². The number of esters is 1. The molecule has 3 rings (SSSR count). The van der Waals surface area contributed by atoms with Gasteiger partial charge in [0, 0.05) is 19.2 Å². The molecule has 1 aliphatic rings. The molecule has 0 aliphatic carbocycles. The summed E-state index contributed by atoms with van der Waals surface area (Å²) in [6, 6.07) is 12.1. The van der Waals surface area contributed by atoms with E-state index < -0.39 is 34.0 Å². The lowest BCUT2D eigenvalue weighted by Crippen LogP contribution is -2.41. The first-order chi connectivity index (χ1) is 14.6. The number of halogens is 3. The summed E-state index contributed by atoms with van der Waals surface area (Å²) < 4.78 is 72.9. The van der Waals surface area contributed by atoms with Crippen LogP contribution in [-0.4, -0.2) is 38.1 Å². The smallest absolute Gasteiger partial charge is 0.426 e. The number of alkyl halides is 3. The summed E-state index contributed by atoms with van der Waals surface area (Å²) >= 11 is 0. The molecule has 31 heavy (non-hydrogen) atoms. The molecule has 2 aromatic carbocycles. The first-order valence-electron chi connectivity index (χ1n) is 9.16. The Morgan fingerprint density at radius 1 is 1.06 bits per heavy atom. The van der Waals surface area contributed by atoms with Crippen molar-refractivity contribution in [1.82, 2.24) is 4.31 Å². The number of benzene rings is 2. The fourth-order valence-corrected chi connectivity index (χ4v) is 4.62. The SMILES string of the molecule is N#Cc1ccc(OC(=O)C2CCN(S(=O)(=O)c3cccc(OC(F)(F)F)c3)CC2)cc1. The molecular weight excluding hydrogens is 437 g/mol. The predicted octanol–water partition coefficient (Wildman–Crippen LogP) is 3.46. The Morgan fingerprint density at radius 3 is 2.29 bits per heavy atom. The standard InChI is InChI=1S/C20H17F3N2O5S/c21-20(22,23)30-17-2-1-3-18(12-17)31(27,28)25-10-8-15(9-11-25)19(26)29-16-6-4-14(13-24)5-7-16/h1-7,12,15H,8-11H2. The van der Waals surface area contributed by atoms with Gasteiger partial charge in [-0.15, -0.1) is 13.2 Å². The van der Waals surface area contributed by atoms with Crippen LogP contribution in [0.25, 0.3) is 0 Å². The van der Waals surface area contributed by atoms with Gasteiger partial charge in [-0.1, -0.05) is 6.07 Å². The number of rotatable bonds is 5. The first-order valence-corrected chi connectivity index (χ1v) is 10.6. The molecule has 1 aliphatic heterocycles. The van der Waals surface area contributed by atoms with E-state index in [0.29, 0.717) is 5.56 Å². The number of nitriles is 1. The van der Waals surface area contributed by atoms with Gasteiger partial charge in [0.25, 0.3) is 0 Å². The maximum absolute atomic E-state index is 12.8. The van der Waals surface area contributed by atoms with Crippen LogP contribution in [0.4, 0.5) is 13.2 Å². The van der Waals surface area contributed by atoms with E-state index in [0.717, 1.165) is 22.5 Å². The molecule has 164 valence electrons. The van der Waals surface area contributed by atoms with Crippen LogP contribution in [0.15, 0.2) is 53.4 Å². The lowest BCUT2D eigenvalue weighted by Gasteiger charge is -2.30. The third-order valence-corrected chi connectivity index (χ3v) is 6.56. The van der Waals surface area contributed by atoms with Gasteiger partial charge in [-0.05, 0) is 49.2 Å². The molecule has 7 nitrogen and oxygen atoms in total. The highest BCUT2D eigenvalue weighted by atomic mass is 32.2. The lowest BCUT2D eigenvalue weighted by molar-refractivity contribution is -0.274. The van der Waals surface area contributed by atoms with Crippen LogP contribution in [0.3, 0.4) is 0 Å². The van der Waals surface area contributed by atoms with Crippen molar-refractivity contribution in [3.8, 4) is 17.6 Å². The van der Waals surface area contributed by atoms with Gasteiger partial charge in [0.05, 0.1) is 22.4 Å². The Kier molecular flexibility index (Phi) is 6.52. The molecule has 1 fully saturated rings. The van der Waals surface area contributed by atoms with Gasteiger partial charge in [0.2, 0.25) is 10.0 Å². The second-order valence-corrected chi connectivity index (χ2v) is 8.70. The Labute approximate surface area is 176 Å². The summed E-state index contributed by atoms with van der Waals surface area (Å²) in [6.07, 6.45) is -4.53. The maximum atomic E-state index is 12.8. The number of nitrogens with zero attached hydrogens (tertiary/aromatic N) is 2. The zero-order valence-corrected chi connectivity index (χ0v) is 16.8. The highest BCUT2D eigenvalue weighted by Crippen LogP contribution is 2.29. The van der Waals surface area contributed by atoms with Crippen molar-refractivity contribution in [2.75, 3.05) is 13.1 Å². The molecule has 0 spiro atoms. The molecule has 0 N–H and O–H groups in total. The van der Waals surface area contributed by atoms with Crippen LogP contribution in [0, 0.1) is 17.2 Å². The third-order valence-electron chi connectivity index (χ3n) is 4.67. The normalized spacial score (nSPS) is 15.8. The molecule has 0 saturated carbocycles. The Morgan fingerprint density at radius 2 is 1.71 bits per heavy atom. The molecule has 0 unspecified atom stereocenters. The topological polar surface area (TPSA) is 96.7 Å². The Hall–Kier alpha value is -3.10. The predicted molar refractivity (Wildman–Crippen MR) is 101 cm³/mol. The third kappa shape index (κ3) is 5.74. The van der Waals surface area contributed by atoms with Gasteiger partial charge in [0.15, 0.2) is 0 Å². The minimum Gasteiger partial charge on any atom is -0.426 e. The fourth-order valence-electron chi connectivity index (χ4n) is 3.11. The van der Waals surface area contributed by atoms with Gasteiger partial charge in [-0.3, -0.25) is 4.79 Å². The van der Waals surface area contributed by atoms with Crippen molar-refractivity contribution in [2.45, 2.75) is 24.1 Å². The van der Waals surface area contributed by atoms with Gasteiger partial charge in [-0.25, -0.2) is 8.42 Å². The summed E-state index contributed by atoms with van der Waals surface area (Å²) in [5.74, 6) is -1.39. The number of carbonyl (C=O) groups is 1. The van der Waals surface area contributed by atoms with E-state index in [1.54, 1.807) is 0 Å². The maximum Gasteiger partial charge on any atom is 0.573 e. The Bertz CT molecular complexity index is 1090. The quantitative estimate of drug-likeness (QED) is 0.507. The van der Waals surface area contributed by atoms with Crippen molar-refractivity contribution in [3.05, 3.63) is 54.1 Å². The summed E-state index contributed by atoms with van der Waals surface area (Å²) in [6.45, 7) is 0.0274. The average Bonchev–Trinajstić information content (AvgIpc) is 2.73. The average molecular weight is 454 g/mol. The number of ether oxygens (including phenoxy) is 2. The summed E-state index contributed by atoms with van der Waals surface area (Å²) in [5.41, 5.74) is 0.419. The summed E-state index contributed by atoms with van der Waals surface area (Å²) in [4.78, 5) is 12.0. The van der Waals surface area contributed by atoms with Crippen molar-refractivity contribution in [3.63, 3.8) is 0 Å². The molecule has 0 amide bonds. The zero-order chi connectivity index (χ0) is 22.6. The Balaban J connectivity index is 1.62. The number of carbonyl (C=O) groups excluding carboxylic acids is 1. The second-order valence-electron chi connectivity index (χ2n) is 6.76. The van der Waals surface area contributed by atoms with E-state index in [1.165, 1.54) is 30.3 Å². The number of hydrogen-bond acceptors (Lipinski definition) is 6. The van der Waals surface area contributed by atoms with Crippen LogP contribution >= 0.6 is 0 Å². The number of hydrogen-bond donors (Lipinski definition) is 0. The number of piperidine rings is 1. The second kappa shape index (κ2) is 8.95. The lowest BCUT2D eigenvalue weighted by atomic mass is 9.98.